The predicted octanol–water partition coefficient (Wildman–Crippen LogP) is 11.7. The smallest absolute Gasteiger partial charge is 0.180 e. The van der Waals surface area contributed by atoms with Crippen molar-refractivity contribution in [3.05, 3.63) is 237 Å². The molecule has 12 nitrogen and oxygen atoms in total. The molecule has 0 spiro atoms. The molecule has 0 aliphatic heterocycles. The molecule has 16 heteroatoms. The maximum Gasteiger partial charge on any atom is 0.180 e. The van der Waals surface area contributed by atoms with Crippen molar-refractivity contribution in [3.63, 3.8) is 0 Å². The first-order chi connectivity index (χ1) is 33.9. The molecule has 0 saturated carbocycles. The number of tetrazole rings is 1. The average molecular weight is 999 g/mol. The number of hydrogen-bond acceptors (Lipinski definition) is 8. The van der Waals surface area contributed by atoms with Crippen molar-refractivity contribution in [2.24, 2.45) is 25.6 Å². The lowest BCUT2D eigenvalue weighted by Gasteiger charge is -2.31. The highest BCUT2D eigenvalue weighted by Gasteiger charge is 2.37. The Bertz CT molecular complexity index is 3660. The van der Waals surface area contributed by atoms with E-state index in [1.807, 2.05) is 145 Å². The summed E-state index contributed by atoms with van der Waals surface area (Å²) in [5, 5.41) is 16.9. The molecular formula is C54H40Cl4N12. The summed E-state index contributed by atoms with van der Waals surface area (Å²) in [4.78, 5) is 13.2. The number of aryl methyl sites for hydroxylation is 2. The molecule has 4 N–H and O–H groups in total. The minimum absolute atomic E-state index is 0.642. The van der Waals surface area contributed by atoms with E-state index >= 15 is 0 Å². The number of pyridine rings is 2. The van der Waals surface area contributed by atoms with Gasteiger partial charge in [0.25, 0.3) is 0 Å². The number of rotatable bonds is 8. The van der Waals surface area contributed by atoms with Crippen molar-refractivity contribution in [2.45, 2.75) is 11.1 Å². The van der Waals surface area contributed by atoms with Crippen molar-refractivity contribution in [3.8, 4) is 22.3 Å². The SMILES string of the molecule is Cn1cncc1C(N)(c1ccc(Cl)cc1)c1ccc2c(c1)c(-c1cccc(Cl)c1)cc1nccn12.Cn1cncc1C(N)(c1ccc(Cl)cc1)c1ccc2c(c1)c(-c1cccc(Cl)c1)cc1nnnn12. The van der Waals surface area contributed by atoms with Gasteiger partial charge < -0.3 is 20.6 Å². The summed E-state index contributed by atoms with van der Waals surface area (Å²) in [5.41, 5.74) is 25.3. The molecule has 0 radical (unpaired) electrons. The Morgan fingerprint density at radius 2 is 0.986 bits per heavy atom. The number of aromatic nitrogens is 10. The highest BCUT2D eigenvalue weighted by atomic mass is 35.5. The lowest BCUT2D eigenvalue weighted by molar-refractivity contribution is 0.596. The second-order valence-corrected chi connectivity index (χ2v) is 18.9. The van der Waals surface area contributed by atoms with Gasteiger partial charge in [-0.05, 0) is 140 Å². The molecule has 2 atom stereocenters. The second kappa shape index (κ2) is 17.8. The van der Waals surface area contributed by atoms with Gasteiger partial charge in [-0.15, -0.1) is 5.10 Å². The molecule has 12 rings (SSSR count). The van der Waals surface area contributed by atoms with Gasteiger partial charge in [0.2, 0.25) is 0 Å². The number of nitrogens with two attached hydrogens (primary N) is 2. The highest BCUT2D eigenvalue weighted by molar-refractivity contribution is 6.31. The molecule has 0 saturated heterocycles. The Hall–Kier alpha value is -7.42. The molecule has 2 unspecified atom stereocenters. The quantitative estimate of drug-likeness (QED) is 0.153. The van der Waals surface area contributed by atoms with Crippen LogP contribution in [0.1, 0.15) is 33.6 Å². The van der Waals surface area contributed by atoms with E-state index in [2.05, 4.69) is 71.3 Å². The normalized spacial score (nSPS) is 13.4. The summed E-state index contributed by atoms with van der Waals surface area (Å²) >= 11 is 25.1. The van der Waals surface area contributed by atoms with Crippen LogP contribution in [0.4, 0.5) is 0 Å². The number of nitrogens with zero attached hydrogens (tertiary/aromatic N) is 10. The van der Waals surface area contributed by atoms with Crippen LogP contribution in [0.5, 0.6) is 0 Å². The molecular weight excluding hydrogens is 958 g/mol. The molecule has 12 aromatic rings. The van der Waals surface area contributed by atoms with Gasteiger partial charge in [-0.2, -0.15) is 4.52 Å². The van der Waals surface area contributed by atoms with E-state index in [1.54, 1.807) is 29.6 Å². The van der Waals surface area contributed by atoms with Crippen LogP contribution in [0.25, 0.3) is 55.4 Å². The van der Waals surface area contributed by atoms with Gasteiger partial charge in [0, 0.05) is 57.4 Å². The van der Waals surface area contributed by atoms with Crippen LogP contribution >= 0.6 is 46.4 Å². The topological polar surface area (TPSA) is 148 Å². The van der Waals surface area contributed by atoms with E-state index in [4.69, 9.17) is 57.9 Å². The third kappa shape index (κ3) is 7.75. The third-order valence-corrected chi connectivity index (χ3v) is 14.0. The van der Waals surface area contributed by atoms with E-state index in [1.165, 1.54) is 0 Å². The summed E-state index contributed by atoms with van der Waals surface area (Å²) in [5.74, 6) is 0. The minimum Gasteiger partial charge on any atom is -0.336 e. The van der Waals surface area contributed by atoms with Crippen molar-refractivity contribution in [1.29, 1.82) is 0 Å². The lowest BCUT2D eigenvalue weighted by atomic mass is 9.80. The van der Waals surface area contributed by atoms with Crippen LogP contribution < -0.4 is 11.5 Å². The Morgan fingerprint density at radius 3 is 1.49 bits per heavy atom. The Labute approximate surface area is 421 Å². The number of imidazole rings is 3. The van der Waals surface area contributed by atoms with Crippen molar-refractivity contribution >= 4 is 79.5 Å². The maximum absolute atomic E-state index is 7.31. The first-order valence-corrected chi connectivity index (χ1v) is 23.5. The van der Waals surface area contributed by atoms with Crippen LogP contribution in [0, 0.1) is 0 Å². The minimum atomic E-state index is -0.995. The van der Waals surface area contributed by atoms with Gasteiger partial charge in [-0.3, -0.25) is 4.40 Å². The molecule has 0 amide bonds. The zero-order valence-electron chi connectivity index (χ0n) is 37.5. The van der Waals surface area contributed by atoms with Crippen molar-refractivity contribution in [1.82, 2.24) is 48.5 Å². The Kier molecular flexibility index (Phi) is 11.5. The maximum atomic E-state index is 7.31. The summed E-state index contributed by atoms with van der Waals surface area (Å²) in [6.07, 6.45) is 10.9. The molecule has 6 aromatic carbocycles. The molecule has 0 fully saturated rings. The van der Waals surface area contributed by atoms with Gasteiger partial charge in [0.05, 0.1) is 47.5 Å². The van der Waals surface area contributed by atoms with Gasteiger partial charge in [0.1, 0.15) is 16.7 Å². The van der Waals surface area contributed by atoms with Gasteiger partial charge in [0.15, 0.2) is 5.65 Å². The fourth-order valence-corrected chi connectivity index (χ4v) is 10.1. The van der Waals surface area contributed by atoms with E-state index in [-0.39, 0.29) is 0 Å². The van der Waals surface area contributed by atoms with E-state index in [9.17, 15) is 0 Å². The summed E-state index contributed by atoms with van der Waals surface area (Å²) in [6, 6.07) is 47.3. The van der Waals surface area contributed by atoms with E-state index < -0.39 is 11.1 Å². The van der Waals surface area contributed by atoms with Crippen molar-refractivity contribution < 1.29 is 0 Å². The first kappa shape index (κ1) is 45.0. The van der Waals surface area contributed by atoms with Crippen LogP contribution in [0.2, 0.25) is 20.1 Å². The molecule has 6 heterocycles. The van der Waals surface area contributed by atoms with Gasteiger partial charge in [-0.1, -0.05) is 107 Å². The highest BCUT2D eigenvalue weighted by Crippen LogP contribution is 2.41. The van der Waals surface area contributed by atoms with Crippen LogP contribution in [-0.2, 0) is 25.2 Å². The van der Waals surface area contributed by atoms with Crippen LogP contribution in [0.3, 0.4) is 0 Å². The van der Waals surface area contributed by atoms with E-state index in [0.29, 0.717) is 25.7 Å². The lowest BCUT2D eigenvalue weighted by Crippen LogP contribution is -2.40. The molecule has 6 aromatic heterocycles. The monoisotopic (exact) mass is 996 g/mol. The summed E-state index contributed by atoms with van der Waals surface area (Å²) in [7, 11) is 3.89. The van der Waals surface area contributed by atoms with Crippen LogP contribution in [0.15, 0.2) is 183 Å². The molecule has 344 valence electrons. The van der Waals surface area contributed by atoms with E-state index in [0.717, 1.165) is 83.3 Å². The molecule has 0 bridgehead atoms. The fourth-order valence-electron chi connectivity index (χ4n) is 9.50. The number of halogens is 4. The average Bonchev–Trinajstić information content (AvgIpc) is 4.22. The summed E-state index contributed by atoms with van der Waals surface area (Å²) < 4.78 is 7.69. The largest absolute Gasteiger partial charge is 0.336 e. The van der Waals surface area contributed by atoms with Gasteiger partial charge in [-0.25, -0.2) is 15.0 Å². The molecule has 70 heavy (non-hydrogen) atoms. The Morgan fingerprint density at radius 1 is 0.500 bits per heavy atom. The van der Waals surface area contributed by atoms with Gasteiger partial charge >= 0.3 is 0 Å². The zero-order valence-corrected chi connectivity index (χ0v) is 40.5. The summed E-state index contributed by atoms with van der Waals surface area (Å²) in [6.45, 7) is 0. The van der Waals surface area contributed by atoms with Crippen molar-refractivity contribution in [2.75, 3.05) is 0 Å². The zero-order chi connectivity index (χ0) is 48.3. The third-order valence-electron chi connectivity index (χ3n) is 13.0. The standard InChI is InChI=1S/C28H21Cl2N5.C26H19Cl2N7/c1-34-17-32-16-26(34)28(31,19-5-8-21(29)9-6-19)20-7-10-25-24(14-20)23(15-27-33-11-12-35(25)27)18-3-2-4-22(30)13-18;1-34-15-30-14-24(34)26(29,17-5-8-19(27)9-6-17)18-7-10-23-22(12-18)21(13-25-31-32-33-35(23)25)16-3-2-4-20(28)11-16/h2-17H,31H2,1H3;2-15H,29H2,1H3. The second-order valence-electron chi connectivity index (χ2n) is 17.1. The molecule has 0 aliphatic rings. The predicted molar refractivity (Wildman–Crippen MR) is 279 cm³/mol. The number of benzene rings is 6. The van der Waals surface area contributed by atoms with Crippen LogP contribution in [-0.4, -0.2) is 48.5 Å². The number of hydrogen-bond donors (Lipinski definition) is 2. The Balaban J connectivity index is 0.000000152. The molecule has 0 aliphatic carbocycles. The fraction of sp³-hybridized carbons (Fsp3) is 0.0741. The first-order valence-electron chi connectivity index (χ1n) is 22.0. The number of fused-ring (bicyclic) bond motifs is 6.